The number of carbonyl (C=O) groups excluding carboxylic acids is 2. The van der Waals surface area contributed by atoms with Gasteiger partial charge < -0.3 is 20.1 Å². The van der Waals surface area contributed by atoms with Gasteiger partial charge in [0.25, 0.3) is 0 Å². The molecule has 142 valence electrons. The predicted octanol–water partition coefficient (Wildman–Crippen LogP) is 1.85. The maximum Gasteiger partial charge on any atom is 0.238 e. The van der Waals surface area contributed by atoms with E-state index in [1.165, 1.54) is 6.92 Å². The summed E-state index contributed by atoms with van der Waals surface area (Å²) in [5.41, 5.74) is 1.25. The molecule has 0 radical (unpaired) electrons. The Morgan fingerprint density at radius 3 is 2.50 bits per heavy atom. The second-order valence-corrected chi connectivity index (χ2v) is 7.03. The van der Waals surface area contributed by atoms with Gasteiger partial charge in [-0.2, -0.15) is 0 Å². The highest BCUT2D eigenvalue weighted by molar-refractivity contribution is 5.93. The van der Waals surface area contributed by atoms with Crippen molar-refractivity contribution in [1.82, 2.24) is 4.90 Å². The van der Waals surface area contributed by atoms with E-state index in [1.54, 1.807) is 31.4 Å². The molecule has 1 aromatic rings. The lowest BCUT2D eigenvalue weighted by atomic mass is 9.86. The van der Waals surface area contributed by atoms with Crippen molar-refractivity contribution < 1.29 is 19.1 Å². The van der Waals surface area contributed by atoms with E-state index in [4.69, 9.17) is 9.47 Å². The van der Waals surface area contributed by atoms with Crippen LogP contribution in [0.4, 0.5) is 11.4 Å². The Morgan fingerprint density at radius 1 is 1.23 bits per heavy atom. The SMILES string of the molecule is CO[C@@H]1CN(CC(=O)Nc2ccc(NC(C)=O)cc2)CC[C@]12CCCO2. The van der Waals surface area contributed by atoms with E-state index < -0.39 is 0 Å². The summed E-state index contributed by atoms with van der Waals surface area (Å²) in [4.78, 5) is 25.5. The van der Waals surface area contributed by atoms with Crippen molar-refractivity contribution >= 4 is 23.2 Å². The third-order valence-electron chi connectivity index (χ3n) is 5.14. The number of methoxy groups -OCH3 is 1. The minimum Gasteiger partial charge on any atom is -0.377 e. The number of ether oxygens (including phenoxy) is 2. The minimum absolute atomic E-state index is 0.00323. The number of anilines is 2. The Labute approximate surface area is 154 Å². The number of hydrogen-bond acceptors (Lipinski definition) is 5. The summed E-state index contributed by atoms with van der Waals surface area (Å²) in [6.45, 7) is 4.11. The van der Waals surface area contributed by atoms with Crippen molar-refractivity contribution in [3.63, 3.8) is 0 Å². The molecule has 3 rings (SSSR count). The highest BCUT2D eigenvalue weighted by atomic mass is 16.5. The normalized spacial score (nSPS) is 26.0. The van der Waals surface area contributed by atoms with E-state index in [2.05, 4.69) is 15.5 Å². The number of likely N-dealkylation sites (tertiary alicyclic amines) is 1. The molecule has 2 atom stereocenters. The van der Waals surface area contributed by atoms with E-state index in [0.29, 0.717) is 24.5 Å². The van der Waals surface area contributed by atoms with Gasteiger partial charge in [0.2, 0.25) is 11.8 Å². The van der Waals surface area contributed by atoms with Crippen molar-refractivity contribution in [2.45, 2.75) is 37.9 Å². The van der Waals surface area contributed by atoms with Crippen LogP contribution in [0.1, 0.15) is 26.2 Å². The molecular formula is C19H27N3O4. The number of piperidine rings is 1. The third-order valence-corrected chi connectivity index (χ3v) is 5.14. The molecule has 1 aromatic carbocycles. The molecule has 2 aliphatic rings. The lowest BCUT2D eigenvalue weighted by molar-refractivity contribution is -0.145. The van der Waals surface area contributed by atoms with Gasteiger partial charge >= 0.3 is 0 Å². The molecule has 0 aliphatic carbocycles. The van der Waals surface area contributed by atoms with Gasteiger partial charge in [-0.1, -0.05) is 0 Å². The van der Waals surface area contributed by atoms with Gasteiger partial charge in [0.05, 0.1) is 18.2 Å². The molecule has 2 amide bonds. The zero-order chi connectivity index (χ0) is 18.6. The maximum atomic E-state index is 12.4. The molecule has 0 saturated carbocycles. The van der Waals surface area contributed by atoms with E-state index in [0.717, 1.165) is 32.4 Å². The van der Waals surface area contributed by atoms with E-state index in [1.807, 2.05) is 0 Å². The van der Waals surface area contributed by atoms with Crippen molar-refractivity contribution in [2.24, 2.45) is 0 Å². The van der Waals surface area contributed by atoms with Gasteiger partial charge in [0.15, 0.2) is 0 Å². The molecule has 0 aromatic heterocycles. The largest absolute Gasteiger partial charge is 0.377 e. The number of rotatable bonds is 5. The Balaban J connectivity index is 1.51. The molecule has 26 heavy (non-hydrogen) atoms. The van der Waals surface area contributed by atoms with Gasteiger partial charge in [-0.05, 0) is 43.5 Å². The first-order valence-corrected chi connectivity index (χ1v) is 9.07. The van der Waals surface area contributed by atoms with Crippen LogP contribution in [0.15, 0.2) is 24.3 Å². The third kappa shape index (κ3) is 4.41. The van der Waals surface area contributed by atoms with Crippen molar-refractivity contribution in [2.75, 3.05) is 44.0 Å². The molecule has 0 bridgehead atoms. The summed E-state index contributed by atoms with van der Waals surface area (Å²) in [6, 6.07) is 7.08. The first-order chi connectivity index (χ1) is 12.5. The molecular weight excluding hydrogens is 334 g/mol. The molecule has 2 N–H and O–H groups in total. The summed E-state index contributed by atoms with van der Waals surface area (Å²) in [5, 5.41) is 5.60. The van der Waals surface area contributed by atoms with Crippen molar-refractivity contribution in [3.05, 3.63) is 24.3 Å². The quantitative estimate of drug-likeness (QED) is 0.837. The van der Waals surface area contributed by atoms with E-state index in [-0.39, 0.29) is 23.5 Å². The van der Waals surface area contributed by atoms with Gasteiger partial charge in [0, 0.05) is 45.1 Å². The number of nitrogens with zero attached hydrogens (tertiary/aromatic N) is 1. The smallest absolute Gasteiger partial charge is 0.238 e. The van der Waals surface area contributed by atoms with Crippen LogP contribution in [0.5, 0.6) is 0 Å². The van der Waals surface area contributed by atoms with Crippen LogP contribution in [0.2, 0.25) is 0 Å². The number of carbonyl (C=O) groups is 2. The van der Waals surface area contributed by atoms with Crippen molar-refractivity contribution in [3.8, 4) is 0 Å². The van der Waals surface area contributed by atoms with Crippen LogP contribution in [0.25, 0.3) is 0 Å². The second-order valence-electron chi connectivity index (χ2n) is 7.03. The van der Waals surface area contributed by atoms with Crippen LogP contribution in [0, 0.1) is 0 Å². The Kier molecular flexibility index (Phi) is 5.90. The molecule has 2 aliphatic heterocycles. The number of amides is 2. The summed E-state index contributed by atoms with van der Waals surface area (Å²) in [7, 11) is 1.72. The van der Waals surface area contributed by atoms with Gasteiger partial charge in [0.1, 0.15) is 0 Å². The Hall–Kier alpha value is -1.96. The highest BCUT2D eigenvalue weighted by Crippen LogP contribution is 2.37. The minimum atomic E-state index is -0.165. The number of benzene rings is 1. The van der Waals surface area contributed by atoms with Crippen LogP contribution in [-0.2, 0) is 19.1 Å². The van der Waals surface area contributed by atoms with Crippen molar-refractivity contribution in [1.29, 1.82) is 0 Å². The molecule has 2 fully saturated rings. The topological polar surface area (TPSA) is 79.9 Å². The summed E-state index contributed by atoms with van der Waals surface area (Å²) < 4.78 is 11.7. The lowest BCUT2D eigenvalue weighted by Crippen LogP contribution is -2.57. The number of hydrogen-bond donors (Lipinski definition) is 2. The standard InChI is InChI=1S/C19H27N3O4/c1-14(23)20-15-4-6-16(7-5-15)21-18(24)13-22-10-9-19(8-3-11-26-19)17(12-22)25-2/h4-7,17H,3,8-13H2,1-2H3,(H,20,23)(H,21,24)/t17-,19-/m1/s1. The van der Waals surface area contributed by atoms with Crippen LogP contribution in [-0.4, -0.2) is 61.8 Å². The molecule has 7 nitrogen and oxygen atoms in total. The second kappa shape index (κ2) is 8.16. The molecule has 1 spiro atoms. The molecule has 2 saturated heterocycles. The summed E-state index contributed by atoms with van der Waals surface area (Å²) in [5.74, 6) is -0.181. The summed E-state index contributed by atoms with van der Waals surface area (Å²) >= 11 is 0. The fourth-order valence-corrected chi connectivity index (χ4v) is 3.85. The van der Waals surface area contributed by atoms with Crippen LogP contribution >= 0.6 is 0 Å². The fourth-order valence-electron chi connectivity index (χ4n) is 3.85. The monoisotopic (exact) mass is 361 g/mol. The van der Waals surface area contributed by atoms with Gasteiger partial charge in [-0.25, -0.2) is 0 Å². The molecule has 7 heteroatoms. The fraction of sp³-hybridized carbons (Fsp3) is 0.579. The predicted molar refractivity (Wildman–Crippen MR) is 99.1 cm³/mol. The zero-order valence-electron chi connectivity index (χ0n) is 15.4. The maximum absolute atomic E-state index is 12.4. The Morgan fingerprint density at radius 2 is 1.92 bits per heavy atom. The highest BCUT2D eigenvalue weighted by Gasteiger charge is 2.46. The average molecular weight is 361 g/mol. The lowest BCUT2D eigenvalue weighted by Gasteiger charge is -2.44. The van der Waals surface area contributed by atoms with Crippen LogP contribution in [0.3, 0.4) is 0 Å². The molecule has 2 heterocycles. The summed E-state index contributed by atoms with van der Waals surface area (Å²) in [6.07, 6.45) is 3.01. The van der Waals surface area contributed by atoms with E-state index in [9.17, 15) is 9.59 Å². The van der Waals surface area contributed by atoms with Crippen LogP contribution < -0.4 is 10.6 Å². The van der Waals surface area contributed by atoms with Gasteiger partial charge in [-0.15, -0.1) is 0 Å². The first-order valence-electron chi connectivity index (χ1n) is 9.07. The number of nitrogens with one attached hydrogen (secondary N) is 2. The van der Waals surface area contributed by atoms with Gasteiger partial charge in [-0.3, -0.25) is 14.5 Å². The Bertz CT molecular complexity index is 641. The first kappa shape index (κ1) is 18.8. The van der Waals surface area contributed by atoms with E-state index >= 15 is 0 Å². The average Bonchev–Trinajstić information content (AvgIpc) is 3.07. The molecule has 0 unspecified atom stereocenters. The zero-order valence-corrected chi connectivity index (χ0v) is 15.4.